The average molecular weight is 439 g/mol. The second-order valence-corrected chi connectivity index (χ2v) is 9.93. The predicted molar refractivity (Wildman–Crippen MR) is 105 cm³/mol. The van der Waals surface area contributed by atoms with Crippen molar-refractivity contribution in [3.8, 4) is 0 Å². The van der Waals surface area contributed by atoms with E-state index >= 15 is 0 Å². The number of rotatable bonds is 5. The van der Waals surface area contributed by atoms with Crippen molar-refractivity contribution in [2.75, 3.05) is 13.1 Å². The molecule has 3 atom stereocenters. The van der Waals surface area contributed by atoms with Crippen molar-refractivity contribution in [3.05, 3.63) is 24.3 Å². The molecule has 4 heterocycles. The maximum atomic E-state index is 13.5. The third-order valence-electron chi connectivity index (χ3n) is 6.31. The minimum Gasteiger partial charge on any atom is -0.345 e. The molecule has 9 nitrogen and oxygen atoms in total. The van der Waals surface area contributed by atoms with Crippen molar-refractivity contribution in [1.29, 1.82) is 0 Å². The lowest BCUT2D eigenvalue weighted by atomic mass is 9.93. The van der Waals surface area contributed by atoms with Gasteiger partial charge in [-0.05, 0) is 24.8 Å². The summed E-state index contributed by atoms with van der Waals surface area (Å²) in [6.45, 7) is 1.14. The molecule has 0 amide bonds. The highest BCUT2D eigenvalue weighted by molar-refractivity contribution is 7.87. The van der Waals surface area contributed by atoms with Gasteiger partial charge in [0.05, 0.1) is 18.3 Å². The van der Waals surface area contributed by atoms with Crippen molar-refractivity contribution in [1.82, 2.24) is 33.6 Å². The molecular weight excluding hydrogens is 416 g/mol. The van der Waals surface area contributed by atoms with E-state index in [0.29, 0.717) is 18.5 Å². The van der Waals surface area contributed by atoms with Crippen LogP contribution in [0.3, 0.4) is 0 Å². The lowest BCUT2D eigenvalue weighted by Crippen LogP contribution is -2.44. The predicted octanol–water partition coefficient (Wildman–Crippen LogP) is 2.05. The van der Waals surface area contributed by atoms with Crippen LogP contribution in [-0.2, 0) is 10.2 Å². The van der Waals surface area contributed by atoms with Crippen molar-refractivity contribution in [3.63, 3.8) is 0 Å². The summed E-state index contributed by atoms with van der Waals surface area (Å²) in [7, 11) is -3.96. The number of nitrogens with zero attached hydrogens (tertiary/aromatic N) is 5. The molecule has 1 saturated carbocycles. The smallest absolute Gasteiger partial charge is 0.279 e. The Hall–Kier alpha value is -2.18. The highest BCUT2D eigenvalue weighted by Crippen LogP contribution is 2.42. The highest BCUT2D eigenvalue weighted by Gasteiger charge is 2.45. The topological polar surface area (TPSA) is 108 Å². The van der Waals surface area contributed by atoms with E-state index in [2.05, 4.69) is 31.8 Å². The van der Waals surface area contributed by atoms with Gasteiger partial charge in [-0.15, -0.1) is 10.2 Å². The van der Waals surface area contributed by atoms with Crippen molar-refractivity contribution < 1.29 is 17.2 Å². The molecule has 0 spiro atoms. The van der Waals surface area contributed by atoms with Crippen LogP contribution in [0.2, 0.25) is 0 Å². The largest absolute Gasteiger partial charge is 0.345 e. The molecule has 0 radical (unpaired) electrons. The number of halogens is 2. The minimum absolute atomic E-state index is 0.00165. The first kappa shape index (κ1) is 19.8. The molecule has 1 aliphatic heterocycles. The second-order valence-electron chi connectivity index (χ2n) is 8.23. The Morgan fingerprint density at radius 3 is 2.90 bits per heavy atom. The number of fused-ring (bicyclic) bond motifs is 3. The highest BCUT2D eigenvalue weighted by atomic mass is 32.2. The van der Waals surface area contributed by atoms with Crippen LogP contribution in [0.5, 0.6) is 0 Å². The number of aromatic amines is 1. The maximum absolute atomic E-state index is 13.5. The molecule has 2 fully saturated rings. The minimum atomic E-state index is -3.96. The van der Waals surface area contributed by atoms with Gasteiger partial charge in [0.2, 0.25) is 0 Å². The Morgan fingerprint density at radius 1 is 1.33 bits per heavy atom. The van der Waals surface area contributed by atoms with Crippen LogP contribution < -0.4 is 4.72 Å². The summed E-state index contributed by atoms with van der Waals surface area (Å²) >= 11 is 0. The van der Waals surface area contributed by atoms with Crippen LogP contribution in [0.15, 0.2) is 18.5 Å². The summed E-state index contributed by atoms with van der Waals surface area (Å²) in [4.78, 5) is 7.41. The number of hydrogen-bond donors (Lipinski definition) is 2. The maximum Gasteiger partial charge on any atom is 0.279 e. The third kappa shape index (κ3) is 3.26. The summed E-state index contributed by atoms with van der Waals surface area (Å²) in [5.41, 5.74) is 2.22. The van der Waals surface area contributed by atoms with E-state index in [4.69, 9.17) is 0 Å². The number of nitrogens with one attached hydrogen (secondary N) is 2. The van der Waals surface area contributed by atoms with Crippen LogP contribution in [0.4, 0.5) is 8.78 Å². The van der Waals surface area contributed by atoms with Crippen LogP contribution in [0.25, 0.3) is 16.8 Å². The Balaban J connectivity index is 1.42. The normalized spacial score (nSPS) is 27.5. The van der Waals surface area contributed by atoms with Gasteiger partial charge >= 0.3 is 0 Å². The fourth-order valence-electron chi connectivity index (χ4n) is 4.82. The molecule has 5 rings (SSSR count). The quantitative estimate of drug-likeness (QED) is 0.633. The molecule has 3 aromatic heterocycles. The summed E-state index contributed by atoms with van der Waals surface area (Å²) in [6.07, 6.45) is 5.03. The fourth-order valence-corrected chi connectivity index (χ4v) is 6.27. The molecule has 0 bridgehead atoms. The zero-order chi connectivity index (χ0) is 21.1. The first-order valence-electron chi connectivity index (χ1n) is 10.1. The Bertz CT molecular complexity index is 1190. The van der Waals surface area contributed by atoms with E-state index in [-0.39, 0.29) is 24.4 Å². The van der Waals surface area contributed by atoms with Crippen LogP contribution >= 0.6 is 0 Å². The van der Waals surface area contributed by atoms with Crippen LogP contribution in [0, 0.1) is 5.92 Å². The molecule has 0 aromatic carbocycles. The standard InChI is InChI=1S/C18H23F2N7O2S/c1-2-11-7-12(25-30(28,29)26-6-4-18(19,20)10-26)8-13(11)17-24-23-15-9-22-16-14(27(15)17)3-5-21-16/h3,5,9,11-13,21,25H,2,4,6-8,10H2,1H3/t11-,12+,13+/m1/s1. The van der Waals surface area contributed by atoms with Gasteiger partial charge in [-0.2, -0.15) is 17.4 Å². The van der Waals surface area contributed by atoms with E-state index in [1.165, 1.54) is 0 Å². The SMILES string of the molecule is CC[C@@H]1C[C@H](NS(=O)(=O)N2CCC(F)(F)C2)C[C@@H]1c1nnc2cnc3[nH]ccc3n12. The molecule has 3 aromatic rings. The molecule has 162 valence electrons. The van der Waals surface area contributed by atoms with E-state index in [1.54, 1.807) is 12.4 Å². The Labute approximate surface area is 172 Å². The molecule has 1 saturated heterocycles. The molecule has 2 aliphatic rings. The van der Waals surface area contributed by atoms with Gasteiger partial charge < -0.3 is 4.98 Å². The monoisotopic (exact) mass is 439 g/mol. The van der Waals surface area contributed by atoms with E-state index in [9.17, 15) is 17.2 Å². The van der Waals surface area contributed by atoms with Gasteiger partial charge in [-0.25, -0.2) is 13.8 Å². The third-order valence-corrected chi connectivity index (χ3v) is 7.93. The van der Waals surface area contributed by atoms with Gasteiger partial charge in [0.1, 0.15) is 5.82 Å². The van der Waals surface area contributed by atoms with Crippen molar-refractivity contribution >= 4 is 27.0 Å². The molecule has 1 aliphatic carbocycles. The number of H-pyrrole nitrogens is 1. The molecule has 0 unspecified atom stereocenters. The second kappa shape index (κ2) is 6.92. The van der Waals surface area contributed by atoms with Gasteiger partial charge in [0.25, 0.3) is 16.1 Å². The van der Waals surface area contributed by atoms with Gasteiger partial charge in [-0.3, -0.25) is 4.40 Å². The summed E-state index contributed by atoms with van der Waals surface area (Å²) in [6, 6.07) is 1.57. The van der Waals surface area contributed by atoms with E-state index in [1.807, 2.05) is 10.5 Å². The molecule has 2 N–H and O–H groups in total. The lowest BCUT2D eigenvalue weighted by Gasteiger charge is -2.20. The summed E-state index contributed by atoms with van der Waals surface area (Å²) in [5, 5.41) is 8.65. The van der Waals surface area contributed by atoms with Gasteiger partial charge in [-0.1, -0.05) is 13.3 Å². The Kier molecular flexibility index (Phi) is 4.56. The Morgan fingerprint density at radius 2 is 2.17 bits per heavy atom. The number of alkyl halides is 2. The molecular formula is C18H23F2N7O2S. The van der Waals surface area contributed by atoms with E-state index < -0.39 is 29.1 Å². The fraction of sp³-hybridized carbons (Fsp3) is 0.611. The number of hydrogen-bond acceptors (Lipinski definition) is 5. The molecule has 30 heavy (non-hydrogen) atoms. The lowest BCUT2D eigenvalue weighted by molar-refractivity contribution is 0.0182. The van der Waals surface area contributed by atoms with Crippen LogP contribution in [-0.4, -0.2) is 62.3 Å². The first-order valence-corrected chi connectivity index (χ1v) is 11.5. The zero-order valence-electron chi connectivity index (χ0n) is 16.4. The summed E-state index contributed by atoms with van der Waals surface area (Å²) < 4.78 is 57.8. The average Bonchev–Trinajstić information content (AvgIpc) is 3.44. The van der Waals surface area contributed by atoms with Crippen molar-refractivity contribution in [2.45, 2.75) is 50.5 Å². The van der Waals surface area contributed by atoms with Gasteiger partial charge in [0, 0.05) is 31.1 Å². The number of aromatic nitrogens is 5. The summed E-state index contributed by atoms with van der Waals surface area (Å²) in [5.74, 6) is -1.99. The van der Waals surface area contributed by atoms with Gasteiger partial charge in [0.15, 0.2) is 11.3 Å². The zero-order valence-corrected chi connectivity index (χ0v) is 17.2. The first-order chi connectivity index (χ1) is 14.3. The van der Waals surface area contributed by atoms with Crippen LogP contribution in [0.1, 0.15) is 44.3 Å². The molecule has 12 heteroatoms. The van der Waals surface area contributed by atoms with Crippen molar-refractivity contribution in [2.24, 2.45) is 5.92 Å². The van der Waals surface area contributed by atoms with E-state index in [0.717, 1.165) is 27.7 Å².